The van der Waals surface area contributed by atoms with Crippen molar-refractivity contribution in [1.82, 2.24) is 5.32 Å². The Morgan fingerprint density at radius 2 is 2.10 bits per heavy atom. The van der Waals surface area contributed by atoms with E-state index in [1.165, 1.54) is 19.3 Å². The van der Waals surface area contributed by atoms with E-state index in [-0.39, 0.29) is 12.5 Å². The molecule has 4 nitrogen and oxygen atoms in total. The molecule has 0 spiro atoms. The fourth-order valence-electron chi connectivity index (χ4n) is 2.51. The summed E-state index contributed by atoms with van der Waals surface area (Å²) in [6.45, 7) is 0.352. The topological polar surface area (TPSA) is 64.3 Å². The first kappa shape index (κ1) is 15.1. The molecule has 5 heteroatoms. The third-order valence-electron chi connectivity index (χ3n) is 3.57. The minimum absolute atomic E-state index is 0.0190. The molecule has 0 radical (unpaired) electrons. The summed E-state index contributed by atoms with van der Waals surface area (Å²) in [5.41, 5.74) is 6.44. The second-order valence-corrected chi connectivity index (χ2v) is 5.58. The molecule has 20 heavy (non-hydrogen) atoms. The highest BCUT2D eigenvalue weighted by Crippen LogP contribution is 2.22. The van der Waals surface area contributed by atoms with Gasteiger partial charge in [-0.2, -0.15) is 0 Å². The van der Waals surface area contributed by atoms with Crippen LogP contribution in [0.4, 0.5) is 0 Å². The van der Waals surface area contributed by atoms with Gasteiger partial charge in [-0.05, 0) is 31.0 Å². The molecule has 1 amide bonds. The number of ether oxygens (including phenoxy) is 1. The predicted molar refractivity (Wildman–Crippen MR) is 79.9 cm³/mol. The van der Waals surface area contributed by atoms with E-state index in [0.29, 0.717) is 23.4 Å². The van der Waals surface area contributed by atoms with Crippen molar-refractivity contribution in [2.45, 2.75) is 44.7 Å². The van der Waals surface area contributed by atoms with Crippen LogP contribution in [0, 0.1) is 0 Å². The molecule has 2 rings (SSSR count). The molecule has 0 aliphatic heterocycles. The average molecular weight is 297 g/mol. The van der Waals surface area contributed by atoms with Crippen molar-refractivity contribution >= 4 is 17.5 Å². The van der Waals surface area contributed by atoms with E-state index in [1.807, 2.05) is 0 Å². The van der Waals surface area contributed by atoms with Gasteiger partial charge in [0.2, 0.25) is 0 Å². The highest BCUT2D eigenvalue weighted by molar-refractivity contribution is 6.30. The smallest absolute Gasteiger partial charge is 0.258 e. The second-order valence-electron chi connectivity index (χ2n) is 5.15. The predicted octanol–water partition coefficient (Wildman–Crippen LogP) is 2.63. The van der Waals surface area contributed by atoms with Crippen LogP contribution in [-0.4, -0.2) is 18.6 Å². The van der Waals surface area contributed by atoms with Gasteiger partial charge in [-0.15, -0.1) is 0 Å². The van der Waals surface area contributed by atoms with Crippen LogP contribution < -0.4 is 15.8 Å². The largest absolute Gasteiger partial charge is 0.483 e. The van der Waals surface area contributed by atoms with Gasteiger partial charge < -0.3 is 15.8 Å². The van der Waals surface area contributed by atoms with E-state index in [2.05, 4.69) is 5.32 Å². The molecule has 3 N–H and O–H groups in total. The second kappa shape index (κ2) is 7.50. The number of rotatable bonds is 5. The van der Waals surface area contributed by atoms with Gasteiger partial charge in [0, 0.05) is 23.2 Å². The standard InChI is InChI=1S/C15H21ClN2O2/c16-12-6-7-14(11(8-12)9-17)20-10-15(19)18-13-4-2-1-3-5-13/h6-8,13H,1-5,9-10,17H2,(H,18,19). The Balaban J connectivity index is 1.83. The van der Waals surface area contributed by atoms with Crippen molar-refractivity contribution in [2.75, 3.05) is 6.61 Å². The van der Waals surface area contributed by atoms with Crippen LogP contribution in [-0.2, 0) is 11.3 Å². The van der Waals surface area contributed by atoms with Gasteiger partial charge in [-0.1, -0.05) is 30.9 Å². The third-order valence-corrected chi connectivity index (χ3v) is 3.81. The zero-order valence-corrected chi connectivity index (χ0v) is 12.3. The Morgan fingerprint density at radius 1 is 1.35 bits per heavy atom. The number of nitrogens with one attached hydrogen (secondary N) is 1. The zero-order valence-electron chi connectivity index (χ0n) is 11.5. The molecular weight excluding hydrogens is 276 g/mol. The fraction of sp³-hybridized carbons (Fsp3) is 0.533. The molecule has 0 unspecified atom stereocenters. The van der Waals surface area contributed by atoms with Gasteiger partial charge >= 0.3 is 0 Å². The molecule has 1 aromatic carbocycles. The molecule has 1 aliphatic rings. The summed E-state index contributed by atoms with van der Waals surface area (Å²) in [6, 6.07) is 5.54. The first-order valence-electron chi connectivity index (χ1n) is 7.09. The number of halogens is 1. The van der Waals surface area contributed by atoms with Crippen molar-refractivity contribution < 1.29 is 9.53 Å². The molecule has 1 fully saturated rings. The SMILES string of the molecule is NCc1cc(Cl)ccc1OCC(=O)NC1CCCCC1. The number of benzene rings is 1. The minimum Gasteiger partial charge on any atom is -0.483 e. The van der Waals surface area contributed by atoms with Crippen LogP contribution in [0.1, 0.15) is 37.7 Å². The van der Waals surface area contributed by atoms with Crippen LogP contribution in [0.3, 0.4) is 0 Å². The number of carbonyl (C=O) groups excluding carboxylic acids is 1. The number of nitrogens with two attached hydrogens (primary N) is 1. The first-order chi connectivity index (χ1) is 9.69. The Labute approximate surface area is 124 Å². The van der Waals surface area contributed by atoms with Gasteiger partial charge in [-0.3, -0.25) is 4.79 Å². The quantitative estimate of drug-likeness (QED) is 0.878. The van der Waals surface area contributed by atoms with Gasteiger partial charge in [0.05, 0.1) is 0 Å². The van der Waals surface area contributed by atoms with E-state index in [9.17, 15) is 4.79 Å². The number of amides is 1. The maximum absolute atomic E-state index is 11.9. The number of carbonyl (C=O) groups is 1. The maximum Gasteiger partial charge on any atom is 0.258 e. The molecule has 0 heterocycles. The normalized spacial score (nSPS) is 15.9. The lowest BCUT2D eigenvalue weighted by Crippen LogP contribution is -2.39. The lowest BCUT2D eigenvalue weighted by atomic mass is 9.95. The van der Waals surface area contributed by atoms with E-state index in [4.69, 9.17) is 22.1 Å². The Morgan fingerprint density at radius 3 is 2.80 bits per heavy atom. The minimum atomic E-state index is -0.0742. The van der Waals surface area contributed by atoms with E-state index in [1.54, 1.807) is 18.2 Å². The van der Waals surface area contributed by atoms with Crippen molar-refractivity contribution in [3.8, 4) is 5.75 Å². The van der Waals surface area contributed by atoms with Crippen molar-refractivity contribution in [3.63, 3.8) is 0 Å². The molecule has 0 bridgehead atoms. The summed E-state index contributed by atoms with van der Waals surface area (Å²) in [6.07, 6.45) is 5.80. The number of hydrogen-bond donors (Lipinski definition) is 2. The monoisotopic (exact) mass is 296 g/mol. The summed E-state index contributed by atoms with van der Waals surface area (Å²) >= 11 is 5.90. The first-order valence-corrected chi connectivity index (χ1v) is 7.47. The van der Waals surface area contributed by atoms with Crippen LogP contribution in [0.25, 0.3) is 0 Å². The maximum atomic E-state index is 11.9. The van der Waals surface area contributed by atoms with Crippen LogP contribution in [0.15, 0.2) is 18.2 Å². The van der Waals surface area contributed by atoms with Gasteiger partial charge in [-0.25, -0.2) is 0 Å². The highest BCUT2D eigenvalue weighted by Gasteiger charge is 2.16. The molecule has 1 saturated carbocycles. The summed E-state index contributed by atoms with van der Waals surface area (Å²) in [5.74, 6) is 0.547. The fourth-order valence-corrected chi connectivity index (χ4v) is 2.70. The molecule has 110 valence electrons. The van der Waals surface area contributed by atoms with Gasteiger partial charge in [0.25, 0.3) is 5.91 Å². The van der Waals surface area contributed by atoms with Crippen molar-refractivity contribution in [1.29, 1.82) is 0 Å². The van der Waals surface area contributed by atoms with Crippen LogP contribution in [0.5, 0.6) is 5.75 Å². The molecule has 0 aromatic heterocycles. The summed E-state index contributed by atoms with van der Waals surface area (Å²) in [4.78, 5) is 11.9. The van der Waals surface area contributed by atoms with Crippen LogP contribution in [0.2, 0.25) is 5.02 Å². The van der Waals surface area contributed by atoms with Crippen molar-refractivity contribution in [2.24, 2.45) is 5.73 Å². The van der Waals surface area contributed by atoms with Crippen LogP contribution >= 0.6 is 11.6 Å². The van der Waals surface area contributed by atoms with E-state index in [0.717, 1.165) is 18.4 Å². The molecule has 0 atom stereocenters. The summed E-state index contributed by atoms with van der Waals surface area (Å²) in [5, 5.41) is 3.63. The Hall–Kier alpha value is -1.26. The molecule has 0 saturated heterocycles. The van der Waals surface area contributed by atoms with E-state index < -0.39 is 0 Å². The molecule has 1 aliphatic carbocycles. The van der Waals surface area contributed by atoms with E-state index >= 15 is 0 Å². The average Bonchev–Trinajstić information content (AvgIpc) is 2.47. The lowest BCUT2D eigenvalue weighted by Gasteiger charge is -2.22. The molecule has 1 aromatic rings. The van der Waals surface area contributed by atoms with Gasteiger partial charge in [0.15, 0.2) is 6.61 Å². The molecular formula is C15H21ClN2O2. The summed E-state index contributed by atoms with van der Waals surface area (Å²) in [7, 11) is 0. The van der Waals surface area contributed by atoms with Gasteiger partial charge in [0.1, 0.15) is 5.75 Å². The summed E-state index contributed by atoms with van der Waals surface area (Å²) < 4.78 is 5.54. The Kier molecular flexibility index (Phi) is 5.68. The Bertz CT molecular complexity index is 459. The van der Waals surface area contributed by atoms with Crippen molar-refractivity contribution in [3.05, 3.63) is 28.8 Å². The number of hydrogen-bond acceptors (Lipinski definition) is 3. The lowest BCUT2D eigenvalue weighted by molar-refractivity contribution is -0.124. The zero-order chi connectivity index (χ0) is 14.4. The third kappa shape index (κ3) is 4.39. The highest BCUT2D eigenvalue weighted by atomic mass is 35.5.